The number of nitrogens with one attached hydrogen (secondary N) is 1. The van der Waals surface area contributed by atoms with Crippen LogP contribution in [-0.2, 0) is 20.8 Å². The van der Waals surface area contributed by atoms with Crippen molar-refractivity contribution in [3.8, 4) is 0 Å². The fourth-order valence-corrected chi connectivity index (χ4v) is 5.91. The lowest BCUT2D eigenvalue weighted by atomic mass is 9.99. The van der Waals surface area contributed by atoms with Crippen molar-refractivity contribution < 1.29 is 24.1 Å². The van der Waals surface area contributed by atoms with E-state index in [2.05, 4.69) is 21.7 Å². The maximum Gasteiger partial charge on any atom is 0.411 e. The van der Waals surface area contributed by atoms with Gasteiger partial charge in [-0.1, -0.05) is 49.1 Å². The SMILES string of the molecule is C=CCOC(=O)Nc1ccc(C2OC(CN3CCCC3CN3CCCC3)CC(c3ccc(CO)cc3)O2)cc1. The number of amides is 1. The minimum atomic E-state index is -0.521. The van der Waals surface area contributed by atoms with E-state index >= 15 is 0 Å². The monoisotopic (exact) mass is 535 g/mol. The zero-order chi connectivity index (χ0) is 27.0. The van der Waals surface area contributed by atoms with Crippen molar-refractivity contribution in [2.75, 3.05) is 44.6 Å². The molecule has 0 aromatic heterocycles. The predicted octanol–water partition coefficient (Wildman–Crippen LogP) is 5.02. The lowest BCUT2D eigenvalue weighted by Gasteiger charge is -2.39. The lowest BCUT2D eigenvalue weighted by molar-refractivity contribution is -0.253. The Morgan fingerprint density at radius 2 is 1.74 bits per heavy atom. The van der Waals surface area contributed by atoms with Crippen LogP contribution in [0.5, 0.6) is 0 Å². The van der Waals surface area contributed by atoms with Crippen LogP contribution in [0.3, 0.4) is 0 Å². The van der Waals surface area contributed by atoms with Gasteiger partial charge in [0, 0.05) is 36.8 Å². The number of carbonyl (C=O) groups excluding carboxylic acids is 1. The summed E-state index contributed by atoms with van der Waals surface area (Å²) >= 11 is 0. The third-order valence-electron chi connectivity index (χ3n) is 7.98. The molecule has 3 saturated heterocycles. The topological polar surface area (TPSA) is 83.5 Å². The second-order valence-corrected chi connectivity index (χ2v) is 10.8. The van der Waals surface area contributed by atoms with E-state index in [1.807, 2.05) is 48.5 Å². The van der Waals surface area contributed by atoms with E-state index in [-0.39, 0.29) is 25.4 Å². The van der Waals surface area contributed by atoms with Crippen molar-refractivity contribution in [2.45, 2.75) is 63.3 Å². The van der Waals surface area contributed by atoms with E-state index in [1.54, 1.807) is 0 Å². The summed E-state index contributed by atoms with van der Waals surface area (Å²) in [5, 5.41) is 12.2. The Kier molecular flexibility index (Phi) is 9.66. The molecule has 0 bridgehead atoms. The molecule has 5 rings (SSSR count). The Morgan fingerprint density at radius 3 is 2.46 bits per heavy atom. The molecule has 0 spiro atoms. The summed E-state index contributed by atoms with van der Waals surface area (Å²) < 4.78 is 18.1. The molecule has 3 aliphatic rings. The zero-order valence-corrected chi connectivity index (χ0v) is 22.7. The number of rotatable bonds is 10. The van der Waals surface area contributed by atoms with Gasteiger partial charge < -0.3 is 24.2 Å². The number of anilines is 1. The molecule has 4 unspecified atom stereocenters. The predicted molar refractivity (Wildman–Crippen MR) is 150 cm³/mol. The fourth-order valence-electron chi connectivity index (χ4n) is 5.91. The van der Waals surface area contributed by atoms with Crippen LogP contribution >= 0.6 is 0 Å². The number of aliphatic hydroxyl groups is 1. The normalized spacial score (nSPS) is 26.0. The second-order valence-electron chi connectivity index (χ2n) is 10.8. The second kappa shape index (κ2) is 13.5. The number of hydrogen-bond acceptors (Lipinski definition) is 7. The van der Waals surface area contributed by atoms with Gasteiger partial charge in [0.15, 0.2) is 6.29 Å². The van der Waals surface area contributed by atoms with Crippen LogP contribution in [0.1, 0.15) is 61.2 Å². The molecule has 4 atom stereocenters. The van der Waals surface area contributed by atoms with Gasteiger partial charge in [0.25, 0.3) is 0 Å². The molecule has 2 N–H and O–H groups in total. The molecule has 3 aliphatic heterocycles. The van der Waals surface area contributed by atoms with E-state index in [4.69, 9.17) is 14.2 Å². The molecule has 0 saturated carbocycles. The van der Waals surface area contributed by atoms with Crippen molar-refractivity contribution in [1.82, 2.24) is 9.80 Å². The van der Waals surface area contributed by atoms with E-state index in [1.165, 1.54) is 44.8 Å². The molecular weight excluding hydrogens is 494 g/mol. The molecule has 3 fully saturated rings. The van der Waals surface area contributed by atoms with Gasteiger partial charge in [0.05, 0.1) is 18.8 Å². The van der Waals surface area contributed by atoms with Crippen LogP contribution in [0.15, 0.2) is 61.2 Å². The minimum absolute atomic E-state index is 0.0229. The molecule has 0 radical (unpaired) electrons. The van der Waals surface area contributed by atoms with Gasteiger partial charge in [-0.2, -0.15) is 0 Å². The number of aliphatic hydroxyl groups excluding tert-OH is 1. The summed E-state index contributed by atoms with van der Waals surface area (Å²) in [6.07, 6.45) is 6.29. The summed E-state index contributed by atoms with van der Waals surface area (Å²) in [4.78, 5) is 17.1. The number of hydrogen-bond donors (Lipinski definition) is 2. The Labute approximate surface area is 231 Å². The highest BCUT2D eigenvalue weighted by atomic mass is 16.7. The largest absolute Gasteiger partial charge is 0.445 e. The maximum atomic E-state index is 11.9. The van der Waals surface area contributed by atoms with Crippen LogP contribution in [-0.4, -0.2) is 72.5 Å². The summed E-state index contributed by atoms with van der Waals surface area (Å²) in [5.74, 6) is 0. The highest BCUT2D eigenvalue weighted by Crippen LogP contribution is 2.39. The number of nitrogens with zero attached hydrogens (tertiary/aromatic N) is 2. The quantitative estimate of drug-likeness (QED) is 0.414. The summed E-state index contributed by atoms with van der Waals surface area (Å²) in [6.45, 7) is 9.34. The van der Waals surface area contributed by atoms with Crippen molar-refractivity contribution in [3.63, 3.8) is 0 Å². The van der Waals surface area contributed by atoms with Gasteiger partial charge in [-0.15, -0.1) is 0 Å². The molecule has 2 aromatic rings. The molecule has 3 heterocycles. The van der Waals surface area contributed by atoms with E-state index in [0.717, 1.165) is 42.7 Å². The molecule has 210 valence electrons. The molecule has 8 nitrogen and oxygen atoms in total. The standard InChI is InChI=1S/C31H41N3O5/c1-2-18-37-31(36)32-26-13-11-25(12-14-26)30-38-28(19-29(39-30)24-9-7-23(22-35)8-10-24)21-34-17-5-6-27(34)20-33-15-3-4-16-33/h2,7-14,27-30,35H,1,3-6,15-22H2,(H,32,36). The first-order chi connectivity index (χ1) is 19.1. The average Bonchev–Trinajstić information content (AvgIpc) is 3.65. The van der Waals surface area contributed by atoms with Crippen molar-refractivity contribution in [2.24, 2.45) is 0 Å². The molecule has 39 heavy (non-hydrogen) atoms. The Morgan fingerprint density at radius 1 is 1.00 bits per heavy atom. The Balaban J connectivity index is 1.29. The zero-order valence-electron chi connectivity index (χ0n) is 22.7. The van der Waals surface area contributed by atoms with Crippen LogP contribution in [0, 0.1) is 0 Å². The molecule has 1 amide bonds. The van der Waals surface area contributed by atoms with Crippen LogP contribution in [0.2, 0.25) is 0 Å². The Bertz CT molecular complexity index is 1070. The first-order valence-electron chi connectivity index (χ1n) is 14.2. The molecule has 2 aromatic carbocycles. The van der Waals surface area contributed by atoms with Gasteiger partial charge in [0.2, 0.25) is 0 Å². The Hall–Kier alpha value is -2.75. The number of ether oxygens (including phenoxy) is 3. The number of carbonyl (C=O) groups is 1. The van der Waals surface area contributed by atoms with Crippen LogP contribution in [0.4, 0.5) is 10.5 Å². The van der Waals surface area contributed by atoms with E-state index in [9.17, 15) is 9.90 Å². The minimum Gasteiger partial charge on any atom is -0.445 e. The van der Waals surface area contributed by atoms with E-state index in [0.29, 0.717) is 11.7 Å². The van der Waals surface area contributed by atoms with Gasteiger partial charge in [-0.05, 0) is 68.6 Å². The van der Waals surface area contributed by atoms with Crippen molar-refractivity contribution >= 4 is 11.8 Å². The lowest BCUT2D eigenvalue weighted by Crippen LogP contribution is -2.45. The third-order valence-corrected chi connectivity index (χ3v) is 7.98. The fraction of sp³-hybridized carbons (Fsp3) is 0.516. The third kappa shape index (κ3) is 7.47. The highest BCUT2D eigenvalue weighted by Gasteiger charge is 2.36. The average molecular weight is 536 g/mol. The van der Waals surface area contributed by atoms with E-state index < -0.39 is 12.4 Å². The first-order valence-corrected chi connectivity index (χ1v) is 14.2. The smallest absolute Gasteiger partial charge is 0.411 e. The van der Waals surface area contributed by atoms with Gasteiger partial charge in [-0.3, -0.25) is 10.2 Å². The van der Waals surface area contributed by atoms with Crippen molar-refractivity contribution in [3.05, 3.63) is 77.9 Å². The molecule has 8 heteroatoms. The van der Waals surface area contributed by atoms with Gasteiger partial charge in [-0.25, -0.2) is 4.79 Å². The maximum absolute atomic E-state index is 11.9. The molecule has 0 aliphatic carbocycles. The number of likely N-dealkylation sites (tertiary alicyclic amines) is 2. The summed E-state index contributed by atoms with van der Waals surface area (Å²) in [5.41, 5.74) is 3.51. The van der Waals surface area contributed by atoms with Crippen molar-refractivity contribution in [1.29, 1.82) is 0 Å². The van der Waals surface area contributed by atoms with Gasteiger partial charge in [0.1, 0.15) is 6.61 Å². The summed E-state index contributed by atoms with van der Waals surface area (Å²) in [6, 6.07) is 16.1. The molecular formula is C31H41N3O5. The summed E-state index contributed by atoms with van der Waals surface area (Å²) in [7, 11) is 0. The first kappa shape index (κ1) is 27.8. The highest BCUT2D eigenvalue weighted by molar-refractivity contribution is 5.84. The van der Waals surface area contributed by atoms with Gasteiger partial charge >= 0.3 is 6.09 Å². The number of benzene rings is 2. The van der Waals surface area contributed by atoms with Crippen LogP contribution < -0.4 is 5.32 Å². The van der Waals surface area contributed by atoms with Crippen LogP contribution in [0.25, 0.3) is 0 Å².